The molecule has 0 aliphatic heterocycles. The maximum Gasteiger partial charge on any atom is 0.161 e. The van der Waals surface area contributed by atoms with Crippen LogP contribution >= 0.6 is 0 Å². The largest absolute Gasteiger partial charge is 0.393 e. The summed E-state index contributed by atoms with van der Waals surface area (Å²) in [5.41, 5.74) is 4.01. The first-order chi connectivity index (χ1) is 12.7. The Morgan fingerprint density at radius 3 is 2.46 bits per heavy atom. The molecule has 0 atom stereocenters. The van der Waals surface area contributed by atoms with E-state index in [-0.39, 0.29) is 6.10 Å². The number of benzene rings is 1. The fourth-order valence-electron chi connectivity index (χ4n) is 3.95. The zero-order chi connectivity index (χ0) is 17.9. The monoisotopic (exact) mass is 348 g/mol. The fourth-order valence-corrected chi connectivity index (χ4v) is 3.95. The Bertz CT molecular complexity index is 817. The molecule has 2 N–H and O–H groups in total. The molecule has 1 aromatic heterocycles. The molecular weight excluding hydrogens is 324 g/mol. The second-order valence-corrected chi connectivity index (χ2v) is 7.37. The Kier molecular flexibility index (Phi) is 4.85. The van der Waals surface area contributed by atoms with Crippen molar-refractivity contribution in [2.75, 3.05) is 5.32 Å². The zero-order valence-corrected chi connectivity index (χ0v) is 14.9. The molecule has 0 unspecified atom stereocenters. The van der Waals surface area contributed by atoms with Crippen LogP contribution in [0.15, 0.2) is 24.3 Å². The lowest BCUT2D eigenvalue weighted by molar-refractivity contribution is 0.126. The first-order valence-electron chi connectivity index (χ1n) is 9.58. The molecule has 1 saturated carbocycles. The summed E-state index contributed by atoms with van der Waals surface area (Å²) in [5, 5.41) is 22.4. The molecule has 1 aromatic carbocycles. The molecule has 5 heteroatoms. The van der Waals surface area contributed by atoms with Gasteiger partial charge in [0.05, 0.1) is 17.7 Å². The first kappa shape index (κ1) is 17.0. The van der Waals surface area contributed by atoms with E-state index in [1.54, 1.807) is 0 Å². The molecule has 26 heavy (non-hydrogen) atoms. The highest BCUT2D eigenvalue weighted by Gasteiger charge is 2.23. The second-order valence-electron chi connectivity index (χ2n) is 7.37. The minimum absolute atomic E-state index is 0.151. The number of aromatic nitrogens is 2. The predicted molar refractivity (Wildman–Crippen MR) is 101 cm³/mol. The molecule has 0 spiro atoms. The number of aliphatic hydroxyl groups excluding tert-OH is 1. The lowest BCUT2D eigenvalue weighted by atomic mass is 9.92. The normalized spacial score (nSPS) is 22.3. The van der Waals surface area contributed by atoms with Gasteiger partial charge in [-0.2, -0.15) is 5.26 Å². The van der Waals surface area contributed by atoms with Crippen molar-refractivity contribution in [3.8, 4) is 17.5 Å². The van der Waals surface area contributed by atoms with Gasteiger partial charge in [-0.1, -0.05) is 0 Å². The summed E-state index contributed by atoms with van der Waals surface area (Å²) >= 11 is 0. The summed E-state index contributed by atoms with van der Waals surface area (Å²) in [7, 11) is 0. The van der Waals surface area contributed by atoms with Crippen LogP contribution in [0, 0.1) is 11.3 Å². The molecule has 0 amide bonds. The van der Waals surface area contributed by atoms with Crippen LogP contribution in [0.5, 0.6) is 0 Å². The van der Waals surface area contributed by atoms with E-state index in [4.69, 9.17) is 15.2 Å². The van der Waals surface area contributed by atoms with Crippen LogP contribution in [-0.2, 0) is 12.8 Å². The van der Waals surface area contributed by atoms with E-state index in [0.717, 1.165) is 61.4 Å². The highest BCUT2D eigenvalue weighted by molar-refractivity contribution is 5.61. The Labute approximate surface area is 154 Å². The molecule has 4 rings (SSSR count). The Hall–Kier alpha value is -2.45. The molecular formula is C21H24N4O. The average Bonchev–Trinajstić information content (AvgIpc) is 2.69. The molecule has 0 saturated heterocycles. The molecule has 5 nitrogen and oxygen atoms in total. The Morgan fingerprint density at radius 1 is 1.00 bits per heavy atom. The van der Waals surface area contributed by atoms with Gasteiger partial charge in [0.25, 0.3) is 0 Å². The summed E-state index contributed by atoms with van der Waals surface area (Å²) in [4.78, 5) is 9.69. The standard InChI is InChI=1S/C21H24N4O/c22-13-14-5-7-15(8-6-14)20-24-19-4-2-1-3-18(19)21(25-20)23-16-9-11-17(26)12-10-16/h5-8,16-17,26H,1-4,9-12H2,(H,23,24,25)/t16-,17-. The van der Waals surface area contributed by atoms with Gasteiger partial charge >= 0.3 is 0 Å². The number of nitriles is 1. The molecule has 134 valence electrons. The van der Waals surface area contributed by atoms with Crippen LogP contribution in [0.3, 0.4) is 0 Å². The van der Waals surface area contributed by atoms with Crippen molar-refractivity contribution in [2.45, 2.75) is 63.5 Å². The van der Waals surface area contributed by atoms with Gasteiger partial charge in [-0.05, 0) is 75.6 Å². The van der Waals surface area contributed by atoms with Gasteiger partial charge in [-0.25, -0.2) is 9.97 Å². The maximum atomic E-state index is 9.74. The van der Waals surface area contributed by atoms with Crippen molar-refractivity contribution in [2.24, 2.45) is 0 Å². The molecule has 0 bridgehead atoms. The van der Waals surface area contributed by atoms with Gasteiger partial charge in [0, 0.05) is 22.9 Å². The minimum Gasteiger partial charge on any atom is -0.393 e. The number of anilines is 1. The van der Waals surface area contributed by atoms with E-state index in [1.165, 1.54) is 18.4 Å². The Balaban J connectivity index is 1.66. The van der Waals surface area contributed by atoms with Gasteiger partial charge in [0.15, 0.2) is 5.82 Å². The van der Waals surface area contributed by atoms with Gasteiger partial charge in [0.2, 0.25) is 0 Å². The van der Waals surface area contributed by atoms with Gasteiger partial charge in [-0.15, -0.1) is 0 Å². The van der Waals surface area contributed by atoms with Gasteiger partial charge in [0.1, 0.15) is 5.82 Å². The predicted octanol–water partition coefficient (Wildman–Crippen LogP) is 3.61. The van der Waals surface area contributed by atoms with Crippen LogP contribution in [0.25, 0.3) is 11.4 Å². The molecule has 0 radical (unpaired) electrons. The zero-order valence-electron chi connectivity index (χ0n) is 14.9. The van der Waals surface area contributed by atoms with E-state index in [0.29, 0.717) is 11.6 Å². The van der Waals surface area contributed by atoms with Crippen molar-refractivity contribution in [3.05, 3.63) is 41.1 Å². The van der Waals surface area contributed by atoms with Crippen LogP contribution in [0.2, 0.25) is 0 Å². The van der Waals surface area contributed by atoms with Crippen molar-refractivity contribution in [1.29, 1.82) is 5.26 Å². The van der Waals surface area contributed by atoms with Crippen molar-refractivity contribution in [3.63, 3.8) is 0 Å². The van der Waals surface area contributed by atoms with Crippen LogP contribution in [0.4, 0.5) is 5.82 Å². The number of nitrogens with one attached hydrogen (secondary N) is 1. The average molecular weight is 348 g/mol. The third kappa shape index (κ3) is 3.56. The van der Waals surface area contributed by atoms with Gasteiger partial charge in [-0.3, -0.25) is 0 Å². The molecule has 2 aliphatic rings. The van der Waals surface area contributed by atoms with E-state index < -0.39 is 0 Å². The summed E-state index contributed by atoms with van der Waals surface area (Å²) < 4.78 is 0. The topological polar surface area (TPSA) is 81.8 Å². The maximum absolute atomic E-state index is 9.74. The summed E-state index contributed by atoms with van der Waals surface area (Å²) in [5.74, 6) is 1.70. The van der Waals surface area contributed by atoms with E-state index in [1.807, 2.05) is 24.3 Å². The number of rotatable bonds is 3. The number of hydrogen-bond donors (Lipinski definition) is 2. The molecule has 1 heterocycles. The summed E-state index contributed by atoms with van der Waals surface area (Å²) in [6.07, 6.45) is 7.90. The summed E-state index contributed by atoms with van der Waals surface area (Å²) in [6.45, 7) is 0. The van der Waals surface area contributed by atoms with Gasteiger partial charge < -0.3 is 10.4 Å². The van der Waals surface area contributed by atoms with Crippen molar-refractivity contribution in [1.82, 2.24) is 9.97 Å². The molecule has 2 aliphatic carbocycles. The van der Waals surface area contributed by atoms with E-state index in [9.17, 15) is 5.11 Å². The third-order valence-corrected chi connectivity index (χ3v) is 5.49. The SMILES string of the molecule is N#Cc1ccc(-c2nc3c(c(N[C@H]4CC[C@H](O)CC4)n2)CCCC3)cc1. The summed E-state index contributed by atoms with van der Waals surface area (Å²) in [6, 6.07) is 9.99. The third-order valence-electron chi connectivity index (χ3n) is 5.49. The number of aryl methyl sites for hydroxylation is 1. The number of aliphatic hydroxyl groups is 1. The van der Waals surface area contributed by atoms with E-state index in [2.05, 4.69) is 11.4 Å². The van der Waals surface area contributed by atoms with Crippen LogP contribution < -0.4 is 5.32 Å². The van der Waals surface area contributed by atoms with E-state index >= 15 is 0 Å². The smallest absolute Gasteiger partial charge is 0.161 e. The number of nitrogens with zero attached hydrogens (tertiary/aromatic N) is 3. The van der Waals surface area contributed by atoms with Crippen LogP contribution in [-0.4, -0.2) is 27.2 Å². The highest BCUT2D eigenvalue weighted by Crippen LogP contribution is 2.30. The Morgan fingerprint density at radius 2 is 1.73 bits per heavy atom. The number of fused-ring (bicyclic) bond motifs is 1. The quantitative estimate of drug-likeness (QED) is 0.885. The fraction of sp³-hybridized carbons (Fsp3) is 0.476. The molecule has 1 fully saturated rings. The van der Waals surface area contributed by atoms with Crippen molar-refractivity contribution >= 4 is 5.82 Å². The second kappa shape index (κ2) is 7.43. The first-order valence-corrected chi connectivity index (χ1v) is 9.58. The lowest BCUT2D eigenvalue weighted by Gasteiger charge is -2.28. The lowest BCUT2D eigenvalue weighted by Crippen LogP contribution is -2.29. The van der Waals surface area contributed by atoms with Crippen molar-refractivity contribution < 1.29 is 5.11 Å². The highest BCUT2D eigenvalue weighted by atomic mass is 16.3. The minimum atomic E-state index is -0.151. The number of hydrogen-bond acceptors (Lipinski definition) is 5. The molecule has 2 aromatic rings. The van der Waals surface area contributed by atoms with Crippen LogP contribution in [0.1, 0.15) is 55.3 Å².